The topological polar surface area (TPSA) is 25.4 Å². The second-order valence-corrected chi connectivity index (χ2v) is 7.44. The number of likely N-dealkylation sites (tertiary alicyclic amines) is 1. The number of rotatable bonds is 4. The Hall–Kier alpha value is -0.580. The van der Waals surface area contributed by atoms with Crippen LogP contribution in [0, 0.1) is 0 Å². The summed E-state index contributed by atoms with van der Waals surface area (Å²) in [7, 11) is 0. The first-order valence-corrected chi connectivity index (χ1v) is 8.05. The molecule has 1 unspecified atom stereocenters. The number of hydrogen-bond donors (Lipinski definition) is 0. The van der Waals surface area contributed by atoms with E-state index in [1.165, 1.54) is 19.5 Å². The average Bonchev–Trinajstić information content (AvgIpc) is 2.80. The monoisotopic (exact) mass is 278 g/mol. The Kier molecular flexibility index (Phi) is 3.83. The Bertz CT molecular complexity index is 417. The number of ether oxygens (including phenoxy) is 1. The molecular weight excluding hydrogens is 256 g/mol. The van der Waals surface area contributed by atoms with E-state index in [9.17, 15) is 0 Å². The molecule has 19 heavy (non-hydrogen) atoms. The van der Waals surface area contributed by atoms with Crippen LogP contribution in [-0.2, 0) is 11.3 Å². The van der Waals surface area contributed by atoms with E-state index in [1.54, 1.807) is 0 Å². The Morgan fingerprint density at radius 2 is 2.32 bits per heavy atom. The van der Waals surface area contributed by atoms with Crippen LogP contribution in [0.2, 0.25) is 0 Å². The van der Waals surface area contributed by atoms with Gasteiger partial charge in [-0.3, -0.25) is 9.88 Å². The molecule has 1 aromatic heterocycles. The Balaban J connectivity index is 1.46. The Morgan fingerprint density at radius 1 is 1.47 bits per heavy atom. The van der Waals surface area contributed by atoms with Gasteiger partial charge in [0.1, 0.15) is 0 Å². The fourth-order valence-corrected chi connectivity index (χ4v) is 4.45. The summed E-state index contributed by atoms with van der Waals surface area (Å²) in [5.41, 5.74) is 1.03. The Labute approximate surface area is 119 Å². The minimum Gasteiger partial charge on any atom is -0.371 e. The molecule has 2 aliphatic heterocycles. The van der Waals surface area contributed by atoms with Gasteiger partial charge in [-0.05, 0) is 32.4 Å². The van der Waals surface area contributed by atoms with Gasteiger partial charge in [0.05, 0.1) is 18.4 Å². The molecule has 0 aromatic carbocycles. The molecule has 0 aliphatic carbocycles. The second-order valence-electron chi connectivity index (χ2n) is 5.95. The molecule has 2 aliphatic rings. The standard InChI is InChI=1S/C15H22N2OS/c1-12(2)17-10-15(11-17)7-14(9-19-15)18-8-13-5-3-4-6-16-13/h3-6,12,14H,7-11H2,1-2H3. The number of nitrogens with zero attached hydrogens (tertiary/aromatic N) is 2. The van der Waals surface area contributed by atoms with Crippen LogP contribution in [0.4, 0.5) is 0 Å². The lowest BCUT2D eigenvalue weighted by atomic mass is 9.92. The molecule has 0 saturated carbocycles. The van der Waals surface area contributed by atoms with E-state index in [0.29, 0.717) is 23.5 Å². The van der Waals surface area contributed by atoms with Crippen LogP contribution in [0.25, 0.3) is 0 Å². The molecule has 1 spiro atoms. The normalized spacial score (nSPS) is 25.9. The van der Waals surface area contributed by atoms with Crippen molar-refractivity contribution in [2.45, 2.75) is 43.8 Å². The molecule has 2 fully saturated rings. The maximum Gasteiger partial charge on any atom is 0.0892 e. The highest BCUT2D eigenvalue weighted by Crippen LogP contribution is 2.46. The molecule has 104 valence electrons. The van der Waals surface area contributed by atoms with Crippen molar-refractivity contribution in [3.63, 3.8) is 0 Å². The van der Waals surface area contributed by atoms with Crippen LogP contribution in [0.1, 0.15) is 26.0 Å². The van der Waals surface area contributed by atoms with Crippen molar-refractivity contribution in [3.05, 3.63) is 30.1 Å². The van der Waals surface area contributed by atoms with Gasteiger partial charge in [0.2, 0.25) is 0 Å². The summed E-state index contributed by atoms with van der Waals surface area (Å²) >= 11 is 2.11. The van der Waals surface area contributed by atoms with Crippen LogP contribution in [-0.4, -0.2) is 45.6 Å². The first-order valence-electron chi connectivity index (χ1n) is 7.06. The van der Waals surface area contributed by atoms with Gasteiger partial charge in [-0.25, -0.2) is 0 Å². The maximum absolute atomic E-state index is 6.01. The lowest BCUT2D eigenvalue weighted by molar-refractivity contribution is 0.0194. The van der Waals surface area contributed by atoms with Gasteiger partial charge >= 0.3 is 0 Å². The first-order chi connectivity index (χ1) is 9.17. The summed E-state index contributed by atoms with van der Waals surface area (Å²) in [6, 6.07) is 6.67. The molecule has 0 amide bonds. The smallest absolute Gasteiger partial charge is 0.0892 e. The predicted molar refractivity (Wildman–Crippen MR) is 79.3 cm³/mol. The van der Waals surface area contributed by atoms with Crippen LogP contribution in [0.5, 0.6) is 0 Å². The highest BCUT2D eigenvalue weighted by molar-refractivity contribution is 8.01. The zero-order valence-electron chi connectivity index (χ0n) is 11.7. The lowest BCUT2D eigenvalue weighted by Crippen LogP contribution is -2.60. The summed E-state index contributed by atoms with van der Waals surface area (Å²) < 4.78 is 6.50. The van der Waals surface area contributed by atoms with Crippen LogP contribution >= 0.6 is 11.8 Å². The highest BCUT2D eigenvalue weighted by Gasteiger charge is 2.49. The summed E-state index contributed by atoms with van der Waals surface area (Å²) in [6.45, 7) is 7.68. The van der Waals surface area contributed by atoms with Crippen molar-refractivity contribution in [1.29, 1.82) is 0 Å². The summed E-state index contributed by atoms with van der Waals surface area (Å²) in [4.78, 5) is 6.86. The predicted octanol–water partition coefficient (Wildman–Crippen LogP) is 2.57. The Morgan fingerprint density at radius 3 is 3.00 bits per heavy atom. The van der Waals surface area contributed by atoms with Crippen molar-refractivity contribution in [1.82, 2.24) is 9.88 Å². The van der Waals surface area contributed by atoms with Crippen molar-refractivity contribution >= 4 is 11.8 Å². The van der Waals surface area contributed by atoms with E-state index in [1.807, 2.05) is 24.4 Å². The minimum atomic E-state index is 0.404. The fraction of sp³-hybridized carbons (Fsp3) is 0.667. The number of aromatic nitrogens is 1. The lowest BCUT2D eigenvalue weighted by Gasteiger charge is -2.49. The van der Waals surface area contributed by atoms with E-state index in [0.717, 1.165) is 11.4 Å². The third kappa shape index (κ3) is 2.96. The zero-order chi connectivity index (χ0) is 13.3. The zero-order valence-corrected chi connectivity index (χ0v) is 12.5. The molecule has 3 rings (SSSR count). The van der Waals surface area contributed by atoms with Crippen molar-refractivity contribution in [2.24, 2.45) is 0 Å². The molecule has 2 saturated heterocycles. The van der Waals surface area contributed by atoms with Gasteiger partial charge in [-0.1, -0.05) is 6.07 Å². The van der Waals surface area contributed by atoms with Crippen molar-refractivity contribution < 1.29 is 4.74 Å². The SMILES string of the molecule is CC(C)N1CC2(CC(OCc3ccccn3)CS2)C1. The quantitative estimate of drug-likeness (QED) is 0.845. The summed E-state index contributed by atoms with van der Waals surface area (Å²) in [6.07, 6.45) is 3.44. The summed E-state index contributed by atoms with van der Waals surface area (Å²) in [5.74, 6) is 1.14. The van der Waals surface area contributed by atoms with Crippen molar-refractivity contribution in [2.75, 3.05) is 18.8 Å². The average molecular weight is 278 g/mol. The number of pyridine rings is 1. The van der Waals surface area contributed by atoms with E-state index in [-0.39, 0.29) is 0 Å². The molecule has 0 radical (unpaired) electrons. The summed E-state index contributed by atoms with van der Waals surface area (Å²) in [5, 5.41) is 0. The van der Waals surface area contributed by atoms with E-state index in [4.69, 9.17) is 4.74 Å². The molecular formula is C15H22N2OS. The molecule has 3 heterocycles. The second kappa shape index (κ2) is 5.43. The molecule has 0 N–H and O–H groups in total. The van der Waals surface area contributed by atoms with Gasteiger partial charge in [0.25, 0.3) is 0 Å². The van der Waals surface area contributed by atoms with Crippen molar-refractivity contribution in [3.8, 4) is 0 Å². The first kappa shape index (κ1) is 13.4. The highest BCUT2D eigenvalue weighted by atomic mass is 32.2. The van der Waals surface area contributed by atoms with E-state index >= 15 is 0 Å². The van der Waals surface area contributed by atoms with Crippen LogP contribution in [0.15, 0.2) is 24.4 Å². The third-order valence-corrected chi connectivity index (χ3v) is 5.66. The number of thioether (sulfide) groups is 1. The van der Waals surface area contributed by atoms with E-state index < -0.39 is 0 Å². The third-order valence-electron chi connectivity index (χ3n) is 4.08. The molecule has 1 atom stereocenters. The van der Waals surface area contributed by atoms with E-state index in [2.05, 4.69) is 35.5 Å². The van der Waals surface area contributed by atoms with Crippen LogP contribution < -0.4 is 0 Å². The van der Waals surface area contributed by atoms with Gasteiger partial charge in [-0.15, -0.1) is 11.8 Å². The van der Waals surface area contributed by atoms with Gasteiger partial charge in [0.15, 0.2) is 0 Å². The number of hydrogen-bond acceptors (Lipinski definition) is 4. The van der Waals surface area contributed by atoms with Gasteiger partial charge in [0, 0.05) is 35.8 Å². The minimum absolute atomic E-state index is 0.404. The van der Waals surface area contributed by atoms with Crippen LogP contribution in [0.3, 0.4) is 0 Å². The maximum atomic E-state index is 6.01. The van der Waals surface area contributed by atoms with Gasteiger partial charge in [-0.2, -0.15) is 0 Å². The largest absolute Gasteiger partial charge is 0.371 e. The molecule has 0 bridgehead atoms. The molecule has 4 heteroatoms. The molecule has 3 nitrogen and oxygen atoms in total. The van der Waals surface area contributed by atoms with Gasteiger partial charge < -0.3 is 4.74 Å². The molecule has 1 aromatic rings. The fourth-order valence-electron chi connectivity index (χ4n) is 2.88.